The van der Waals surface area contributed by atoms with Gasteiger partial charge in [0, 0.05) is 42.8 Å². The fraction of sp³-hybridized carbons (Fsp3) is 0.350. The van der Waals surface area contributed by atoms with Crippen LogP contribution in [0.4, 0.5) is 4.39 Å². The number of benzene rings is 2. The van der Waals surface area contributed by atoms with Crippen molar-refractivity contribution in [2.75, 3.05) is 40.4 Å². The molecule has 1 fully saturated rings. The Balaban J connectivity index is 1.71. The van der Waals surface area contributed by atoms with Gasteiger partial charge >= 0.3 is 0 Å². The monoisotopic (exact) mass is 456 g/mol. The van der Waals surface area contributed by atoms with Crippen molar-refractivity contribution < 1.29 is 27.1 Å². The van der Waals surface area contributed by atoms with E-state index < -0.39 is 15.8 Å². The number of ether oxygens (including phenoxy) is 2. The highest BCUT2D eigenvalue weighted by Crippen LogP contribution is 2.31. The number of hydrogen-bond acceptors (Lipinski definition) is 5. The minimum absolute atomic E-state index is 0.00210. The van der Waals surface area contributed by atoms with E-state index in [1.807, 2.05) is 0 Å². The van der Waals surface area contributed by atoms with E-state index in [-0.39, 0.29) is 59.7 Å². The van der Waals surface area contributed by atoms with E-state index in [1.54, 1.807) is 6.07 Å². The minimum Gasteiger partial charge on any atom is -0.497 e. The van der Waals surface area contributed by atoms with Crippen molar-refractivity contribution >= 4 is 27.5 Å². The number of carbonyl (C=O) groups excluding carboxylic acids is 1. The SMILES string of the molecule is COc1ccc(OC)c(S(=O)(=O)N2CCN(C(=O)Cc3c(F)cccc3Cl)CC2)c1. The van der Waals surface area contributed by atoms with E-state index in [9.17, 15) is 17.6 Å². The van der Waals surface area contributed by atoms with Crippen molar-refractivity contribution in [1.29, 1.82) is 0 Å². The number of piperazine rings is 1. The molecule has 10 heteroatoms. The molecule has 7 nitrogen and oxygen atoms in total. The first kappa shape index (κ1) is 22.3. The third-order valence-electron chi connectivity index (χ3n) is 4.97. The Morgan fingerprint density at radius 2 is 1.80 bits per heavy atom. The van der Waals surface area contributed by atoms with Gasteiger partial charge in [0.15, 0.2) is 0 Å². The van der Waals surface area contributed by atoms with Crippen LogP contribution in [0.3, 0.4) is 0 Å². The Morgan fingerprint density at radius 1 is 1.10 bits per heavy atom. The van der Waals surface area contributed by atoms with E-state index in [4.69, 9.17) is 21.1 Å². The Morgan fingerprint density at radius 3 is 2.40 bits per heavy atom. The molecule has 0 bridgehead atoms. The summed E-state index contributed by atoms with van der Waals surface area (Å²) in [6.07, 6.45) is -0.179. The van der Waals surface area contributed by atoms with Crippen LogP contribution in [0.15, 0.2) is 41.3 Å². The van der Waals surface area contributed by atoms with Crippen LogP contribution in [0.1, 0.15) is 5.56 Å². The lowest BCUT2D eigenvalue weighted by Crippen LogP contribution is -2.50. The zero-order chi connectivity index (χ0) is 21.9. The molecule has 0 unspecified atom stereocenters. The fourth-order valence-corrected chi connectivity index (χ4v) is 5.09. The van der Waals surface area contributed by atoms with Crippen molar-refractivity contribution in [3.63, 3.8) is 0 Å². The predicted octanol–water partition coefficient (Wildman–Crippen LogP) is 2.57. The molecular weight excluding hydrogens is 435 g/mol. The lowest BCUT2D eigenvalue weighted by molar-refractivity contribution is -0.131. The smallest absolute Gasteiger partial charge is 0.247 e. The molecule has 1 heterocycles. The van der Waals surface area contributed by atoms with E-state index in [2.05, 4.69) is 0 Å². The zero-order valence-electron chi connectivity index (χ0n) is 16.6. The molecule has 30 heavy (non-hydrogen) atoms. The molecule has 0 aliphatic carbocycles. The number of hydrogen-bond donors (Lipinski definition) is 0. The van der Waals surface area contributed by atoms with E-state index in [0.29, 0.717) is 5.75 Å². The van der Waals surface area contributed by atoms with Crippen molar-refractivity contribution in [1.82, 2.24) is 9.21 Å². The maximum absolute atomic E-state index is 14.0. The second-order valence-electron chi connectivity index (χ2n) is 6.68. The largest absolute Gasteiger partial charge is 0.497 e. The molecule has 0 spiro atoms. The van der Waals surface area contributed by atoms with Crippen molar-refractivity contribution in [2.24, 2.45) is 0 Å². The third-order valence-corrected chi connectivity index (χ3v) is 7.24. The molecule has 2 aromatic rings. The molecule has 0 N–H and O–H groups in total. The maximum atomic E-state index is 14.0. The number of rotatable bonds is 6. The first-order valence-electron chi connectivity index (χ1n) is 9.20. The van der Waals surface area contributed by atoms with Crippen molar-refractivity contribution in [2.45, 2.75) is 11.3 Å². The number of carbonyl (C=O) groups is 1. The van der Waals surface area contributed by atoms with E-state index >= 15 is 0 Å². The lowest BCUT2D eigenvalue weighted by atomic mass is 10.1. The second kappa shape index (κ2) is 9.20. The predicted molar refractivity (Wildman–Crippen MR) is 110 cm³/mol. The van der Waals surface area contributed by atoms with Gasteiger partial charge in [0.05, 0.1) is 20.6 Å². The molecule has 3 rings (SSSR count). The fourth-order valence-electron chi connectivity index (χ4n) is 3.27. The summed E-state index contributed by atoms with van der Waals surface area (Å²) in [6.45, 7) is 0.603. The summed E-state index contributed by atoms with van der Waals surface area (Å²) in [5, 5.41) is 0.190. The summed E-state index contributed by atoms with van der Waals surface area (Å²) in [7, 11) is -1.01. The van der Waals surface area contributed by atoms with Crippen LogP contribution in [0.2, 0.25) is 5.02 Å². The van der Waals surface area contributed by atoms with Gasteiger partial charge in [0.2, 0.25) is 15.9 Å². The van der Waals surface area contributed by atoms with Gasteiger partial charge in [-0.25, -0.2) is 12.8 Å². The van der Waals surface area contributed by atoms with Gasteiger partial charge in [-0.1, -0.05) is 17.7 Å². The first-order chi connectivity index (χ1) is 14.3. The quantitative estimate of drug-likeness (QED) is 0.667. The molecule has 1 amide bonds. The van der Waals surface area contributed by atoms with Crippen LogP contribution >= 0.6 is 11.6 Å². The summed E-state index contributed by atoms with van der Waals surface area (Å²) in [4.78, 5) is 14.1. The van der Waals surface area contributed by atoms with Gasteiger partial charge in [0.25, 0.3) is 0 Å². The number of methoxy groups -OCH3 is 2. The highest BCUT2D eigenvalue weighted by Gasteiger charge is 2.32. The molecule has 162 valence electrons. The van der Waals surface area contributed by atoms with Crippen molar-refractivity contribution in [3.8, 4) is 11.5 Å². The summed E-state index contributed by atoms with van der Waals surface area (Å²) in [6, 6.07) is 8.81. The highest BCUT2D eigenvalue weighted by molar-refractivity contribution is 7.89. The van der Waals surface area contributed by atoms with Gasteiger partial charge in [-0.3, -0.25) is 4.79 Å². The van der Waals surface area contributed by atoms with Gasteiger partial charge in [-0.15, -0.1) is 0 Å². The topological polar surface area (TPSA) is 76.2 Å². The van der Waals surface area contributed by atoms with E-state index in [0.717, 1.165) is 0 Å². The molecular formula is C20H22ClFN2O5S. The molecule has 2 aromatic carbocycles. The van der Waals surface area contributed by atoms with Crippen molar-refractivity contribution in [3.05, 3.63) is 52.8 Å². The summed E-state index contributed by atoms with van der Waals surface area (Å²) in [5.41, 5.74) is 0.139. The summed E-state index contributed by atoms with van der Waals surface area (Å²) < 4.78 is 51.8. The summed E-state index contributed by atoms with van der Waals surface area (Å²) in [5.74, 6) is -0.242. The van der Waals surface area contributed by atoms with Crippen LogP contribution in [0.25, 0.3) is 0 Å². The molecule has 1 aliphatic rings. The third kappa shape index (κ3) is 4.53. The molecule has 0 radical (unpaired) electrons. The Bertz CT molecular complexity index is 1020. The molecule has 0 saturated carbocycles. The average molecular weight is 457 g/mol. The highest BCUT2D eigenvalue weighted by atomic mass is 35.5. The minimum atomic E-state index is -3.85. The Labute approximate surface area is 180 Å². The molecule has 0 atom stereocenters. The molecule has 0 aromatic heterocycles. The maximum Gasteiger partial charge on any atom is 0.247 e. The van der Waals surface area contributed by atoms with Gasteiger partial charge in [-0.05, 0) is 24.3 Å². The Hall–Kier alpha value is -2.36. The van der Waals surface area contributed by atoms with E-state index in [1.165, 1.54) is 53.8 Å². The van der Waals surface area contributed by atoms with Crippen LogP contribution in [0.5, 0.6) is 11.5 Å². The zero-order valence-corrected chi connectivity index (χ0v) is 18.2. The standard InChI is InChI=1S/C20H22ClFN2O5S/c1-28-14-6-7-18(29-2)19(12-14)30(26,27)24-10-8-23(9-11-24)20(25)13-15-16(21)4-3-5-17(15)22/h3-7,12H,8-11,13H2,1-2H3. The average Bonchev–Trinajstić information content (AvgIpc) is 2.75. The molecule has 1 aliphatic heterocycles. The van der Waals surface area contributed by atoms with Gasteiger partial charge in [0.1, 0.15) is 22.2 Å². The van der Waals surface area contributed by atoms with Crippen LogP contribution in [-0.2, 0) is 21.2 Å². The number of halogens is 2. The number of nitrogens with zero attached hydrogens (tertiary/aromatic N) is 2. The molecule has 1 saturated heterocycles. The van der Waals surface area contributed by atoms with Crippen LogP contribution < -0.4 is 9.47 Å². The van der Waals surface area contributed by atoms with Gasteiger partial charge in [-0.2, -0.15) is 4.31 Å². The number of sulfonamides is 1. The first-order valence-corrected chi connectivity index (χ1v) is 11.0. The van der Waals surface area contributed by atoms with Crippen LogP contribution in [-0.4, -0.2) is 63.9 Å². The Kier molecular flexibility index (Phi) is 6.84. The van der Waals surface area contributed by atoms with Gasteiger partial charge < -0.3 is 14.4 Å². The second-order valence-corrected chi connectivity index (χ2v) is 8.99. The summed E-state index contributed by atoms with van der Waals surface area (Å²) >= 11 is 6.00. The normalized spacial score (nSPS) is 15.1. The number of amides is 1. The van der Waals surface area contributed by atoms with Crippen LogP contribution in [0, 0.1) is 5.82 Å². The lowest BCUT2D eigenvalue weighted by Gasteiger charge is -2.34.